The molecule has 0 aliphatic rings. The normalized spacial score (nSPS) is 11.9. The van der Waals surface area contributed by atoms with Crippen LogP contribution in [0.15, 0.2) is 24.4 Å². The zero-order valence-corrected chi connectivity index (χ0v) is 9.14. The first-order valence-electron chi connectivity index (χ1n) is 5.16. The van der Waals surface area contributed by atoms with Gasteiger partial charge in [0.2, 0.25) is 5.91 Å². The summed E-state index contributed by atoms with van der Waals surface area (Å²) in [6.45, 7) is 1.91. The molecule has 0 saturated carbocycles. The number of amides is 1. The van der Waals surface area contributed by atoms with E-state index in [0.717, 1.165) is 6.42 Å². The van der Waals surface area contributed by atoms with Crippen molar-refractivity contribution in [3.05, 3.63) is 30.1 Å². The van der Waals surface area contributed by atoms with Crippen LogP contribution in [0.5, 0.6) is 0 Å². The lowest BCUT2D eigenvalue weighted by Crippen LogP contribution is -2.39. The standard InChI is InChI=1S/C11H15N3O2/c1-2-5-8(11(16)14-12)10(15)9-6-3-4-7-13-9/h3-4,6-8H,2,5,12H2,1H3,(H,14,16). The Bertz CT molecular complexity index is 365. The van der Waals surface area contributed by atoms with Gasteiger partial charge in [0.05, 0.1) is 0 Å². The second-order valence-electron chi connectivity index (χ2n) is 3.43. The minimum absolute atomic E-state index is 0.287. The SMILES string of the molecule is CCCC(C(=O)NN)C(=O)c1ccccn1. The van der Waals surface area contributed by atoms with Crippen molar-refractivity contribution in [2.45, 2.75) is 19.8 Å². The third-order valence-electron chi connectivity index (χ3n) is 2.27. The van der Waals surface area contributed by atoms with Crippen molar-refractivity contribution in [3.8, 4) is 0 Å². The fourth-order valence-corrected chi connectivity index (χ4v) is 1.46. The topological polar surface area (TPSA) is 85.1 Å². The summed E-state index contributed by atoms with van der Waals surface area (Å²) < 4.78 is 0. The fraction of sp³-hybridized carbons (Fsp3) is 0.364. The number of hydrogen-bond acceptors (Lipinski definition) is 4. The van der Waals surface area contributed by atoms with Crippen LogP contribution in [-0.4, -0.2) is 16.7 Å². The highest BCUT2D eigenvalue weighted by Gasteiger charge is 2.26. The van der Waals surface area contributed by atoms with Gasteiger partial charge in [0.1, 0.15) is 11.6 Å². The summed E-state index contributed by atoms with van der Waals surface area (Å²) in [4.78, 5) is 27.3. The Hall–Kier alpha value is -1.75. The van der Waals surface area contributed by atoms with Crippen LogP contribution < -0.4 is 11.3 Å². The molecule has 1 aromatic heterocycles. The molecule has 0 aliphatic heterocycles. The van der Waals surface area contributed by atoms with Gasteiger partial charge in [-0.15, -0.1) is 0 Å². The molecule has 1 rings (SSSR count). The minimum Gasteiger partial charge on any atom is -0.294 e. The van der Waals surface area contributed by atoms with E-state index < -0.39 is 11.8 Å². The Morgan fingerprint density at radius 3 is 2.75 bits per heavy atom. The maximum absolute atomic E-state index is 12.0. The number of carbonyl (C=O) groups excluding carboxylic acids is 2. The largest absolute Gasteiger partial charge is 0.294 e. The Morgan fingerprint density at radius 2 is 2.25 bits per heavy atom. The summed E-state index contributed by atoms with van der Waals surface area (Å²) in [7, 11) is 0. The lowest BCUT2D eigenvalue weighted by molar-refractivity contribution is -0.123. The molecule has 0 aliphatic carbocycles. The predicted octanol–water partition coefficient (Wildman–Crippen LogP) is 0.670. The van der Waals surface area contributed by atoms with E-state index in [1.54, 1.807) is 18.2 Å². The van der Waals surface area contributed by atoms with Gasteiger partial charge in [-0.25, -0.2) is 5.84 Å². The maximum Gasteiger partial charge on any atom is 0.244 e. The third-order valence-corrected chi connectivity index (χ3v) is 2.27. The van der Waals surface area contributed by atoms with Gasteiger partial charge in [0.25, 0.3) is 0 Å². The van der Waals surface area contributed by atoms with Crippen LogP contribution in [0.3, 0.4) is 0 Å². The Balaban J connectivity index is 2.87. The molecule has 0 aromatic carbocycles. The van der Waals surface area contributed by atoms with E-state index in [4.69, 9.17) is 5.84 Å². The number of hydrogen-bond donors (Lipinski definition) is 2. The summed E-state index contributed by atoms with van der Waals surface area (Å²) >= 11 is 0. The van der Waals surface area contributed by atoms with E-state index in [0.29, 0.717) is 12.1 Å². The molecule has 0 bridgehead atoms. The fourth-order valence-electron chi connectivity index (χ4n) is 1.46. The van der Waals surface area contributed by atoms with Crippen LogP contribution in [0, 0.1) is 5.92 Å². The zero-order chi connectivity index (χ0) is 12.0. The number of nitrogens with one attached hydrogen (secondary N) is 1. The highest BCUT2D eigenvalue weighted by atomic mass is 16.2. The number of carbonyl (C=O) groups is 2. The highest BCUT2D eigenvalue weighted by molar-refractivity contribution is 6.08. The molecular weight excluding hydrogens is 206 g/mol. The lowest BCUT2D eigenvalue weighted by atomic mass is 9.95. The molecule has 1 unspecified atom stereocenters. The van der Waals surface area contributed by atoms with Crippen molar-refractivity contribution in [2.75, 3.05) is 0 Å². The quantitative estimate of drug-likeness (QED) is 0.251. The molecule has 3 N–H and O–H groups in total. The van der Waals surface area contributed by atoms with Crippen molar-refractivity contribution < 1.29 is 9.59 Å². The molecule has 0 fully saturated rings. The second kappa shape index (κ2) is 5.97. The number of hydrazine groups is 1. The molecular formula is C11H15N3O2. The van der Waals surface area contributed by atoms with Gasteiger partial charge in [0, 0.05) is 6.20 Å². The van der Waals surface area contributed by atoms with Crippen molar-refractivity contribution in [3.63, 3.8) is 0 Å². The predicted molar refractivity (Wildman–Crippen MR) is 59.3 cm³/mol. The van der Waals surface area contributed by atoms with Crippen LogP contribution in [-0.2, 0) is 4.79 Å². The molecule has 0 radical (unpaired) electrons. The van der Waals surface area contributed by atoms with E-state index in [2.05, 4.69) is 4.98 Å². The van der Waals surface area contributed by atoms with E-state index in [9.17, 15) is 9.59 Å². The molecule has 5 nitrogen and oxygen atoms in total. The first-order chi connectivity index (χ1) is 7.70. The van der Waals surface area contributed by atoms with Crippen LogP contribution in [0.4, 0.5) is 0 Å². The van der Waals surface area contributed by atoms with Gasteiger partial charge >= 0.3 is 0 Å². The van der Waals surface area contributed by atoms with Crippen LogP contribution >= 0.6 is 0 Å². The van der Waals surface area contributed by atoms with Crippen LogP contribution in [0.1, 0.15) is 30.3 Å². The molecule has 86 valence electrons. The van der Waals surface area contributed by atoms with Gasteiger partial charge in [-0.3, -0.25) is 20.0 Å². The van der Waals surface area contributed by atoms with Crippen LogP contribution in [0.25, 0.3) is 0 Å². The molecule has 5 heteroatoms. The third kappa shape index (κ3) is 2.87. The summed E-state index contributed by atoms with van der Waals surface area (Å²) in [5, 5.41) is 0. The van der Waals surface area contributed by atoms with E-state index in [1.165, 1.54) is 6.20 Å². The molecule has 1 aromatic rings. The molecule has 1 amide bonds. The molecule has 16 heavy (non-hydrogen) atoms. The van der Waals surface area contributed by atoms with Crippen molar-refractivity contribution in [1.29, 1.82) is 0 Å². The van der Waals surface area contributed by atoms with Gasteiger partial charge in [-0.1, -0.05) is 19.4 Å². The van der Waals surface area contributed by atoms with E-state index >= 15 is 0 Å². The Labute approximate surface area is 94.0 Å². The van der Waals surface area contributed by atoms with Gasteiger partial charge in [-0.05, 0) is 18.6 Å². The number of aromatic nitrogens is 1. The van der Waals surface area contributed by atoms with Crippen LogP contribution in [0.2, 0.25) is 0 Å². The molecule has 0 saturated heterocycles. The lowest BCUT2D eigenvalue weighted by Gasteiger charge is -2.12. The average Bonchev–Trinajstić information content (AvgIpc) is 2.35. The monoisotopic (exact) mass is 221 g/mol. The summed E-state index contributed by atoms with van der Waals surface area (Å²) in [6.07, 6.45) is 2.73. The number of nitrogens with zero attached hydrogens (tertiary/aromatic N) is 1. The number of nitrogens with two attached hydrogens (primary N) is 1. The molecule has 1 atom stereocenters. The molecule has 0 spiro atoms. The van der Waals surface area contributed by atoms with E-state index in [1.807, 2.05) is 12.3 Å². The van der Waals surface area contributed by atoms with Crippen molar-refractivity contribution >= 4 is 11.7 Å². The summed E-state index contributed by atoms with van der Waals surface area (Å²) in [6, 6.07) is 5.02. The van der Waals surface area contributed by atoms with Crippen molar-refractivity contribution in [1.82, 2.24) is 10.4 Å². The molecule has 1 heterocycles. The highest BCUT2D eigenvalue weighted by Crippen LogP contribution is 2.12. The second-order valence-corrected chi connectivity index (χ2v) is 3.43. The van der Waals surface area contributed by atoms with Crippen molar-refractivity contribution in [2.24, 2.45) is 11.8 Å². The summed E-state index contributed by atoms with van der Waals surface area (Å²) in [5.74, 6) is 3.55. The Kier molecular flexibility index (Phi) is 4.60. The first kappa shape index (κ1) is 12.3. The average molecular weight is 221 g/mol. The maximum atomic E-state index is 12.0. The smallest absolute Gasteiger partial charge is 0.244 e. The van der Waals surface area contributed by atoms with E-state index in [-0.39, 0.29) is 5.78 Å². The number of ketones is 1. The Morgan fingerprint density at radius 1 is 1.50 bits per heavy atom. The van der Waals surface area contributed by atoms with Gasteiger partial charge in [-0.2, -0.15) is 0 Å². The summed E-state index contributed by atoms with van der Waals surface area (Å²) in [5.41, 5.74) is 2.31. The number of pyridine rings is 1. The zero-order valence-electron chi connectivity index (χ0n) is 9.14. The number of rotatable bonds is 5. The first-order valence-corrected chi connectivity index (χ1v) is 5.16. The van der Waals surface area contributed by atoms with Gasteiger partial charge < -0.3 is 0 Å². The van der Waals surface area contributed by atoms with Gasteiger partial charge in [0.15, 0.2) is 5.78 Å². The minimum atomic E-state index is -0.745. The number of Topliss-reactive ketones (excluding diaryl/α,β-unsaturated/α-hetero) is 1.